The summed E-state index contributed by atoms with van der Waals surface area (Å²) in [6.45, 7) is 6.73. The van der Waals surface area contributed by atoms with Crippen LogP contribution in [0.5, 0.6) is 0 Å². The van der Waals surface area contributed by atoms with E-state index in [2.05, 4.69) is 15.3 Å². The van der Waals surface area contributed by atoms with Crippen molar-refractivity contribution in [3.05, 3.63) is 96.2 Å². The van der Waals surface area contributed by atoms with Crippen molar-refractivity contribution in [3.63, 3.8) is 0 Å². The van der Waals surface area contributed by atoms with Crippen LogP contribution < -0.4 is 5.32 Å². The van der Waals surface area contributed by atoms with Gasteiger partial charge in [-0.3, -0.25) is 9.48 Å². The lowest BCUT2D eigenvalue weighted by Gasteiger charge is -2.16. The van der Waals surface area contributed by atoms with Gasteiger partial charge in [-0.2, -0.15) is 5.10 Å². The van der Waals surface area contributed by atoms with Crippen LogP contribution >= 0.6 is 0 Å². The van der Waals surface area contributed by atoms with E-state index in [-0.39, 0.29) is 11.3 Å². The van der Waals surface area contributed by atoms with Crippen LogP contribution in [0.25, 0.3) is 11.3 Å². The minimum atomic E-state index is -0.245. The van der Waals surface area contributed by atoms with Gasteiger partial charge in [0.05, 0.1) is 30.2 Å². The summed E-state index contributed by atoms with van der Waals surface area (Å²) in [7, 11) is 0. The van der Waals surface area contributed by atoms with E-state index in [1.54, 1.807) is 23.3 Å². The number of carbonyl (C=O) groups excluding carboxylic acids is 1. The summed E-state index contributed by atoms with van der Waals surface area (Å²) in [6, 6.07) is 19.8. The molecule has 2 heterocycles. The number of hydrogen-bond donors (Lipinski definition) is 1. The number of rotatable bonds is 5. The first-order valence-electron chi connectivity index (χ1n) is 10.2. The second kappa shape index (κ2) is 8.52. The Morgan fingerprint density at radius 1 is 0.935 bits per heavy atom. The van der Waals surface area contributed by atoms with Crippen molar-refractivity contribution in [3.8, 4) is 11.3 Å². The molecule has 156 valence electrons. The number of benzene rings is 2. The molecular formula is C25H25N5O. The van der Waals surface area contributed by atoms with Crippen LogP contribution in [0.1, 0.15) is 42.5 Å². The van der Waals surface area contributed by atoms with Crippen LogP contribution in [-0.4, -0.2) is 25.7 Å². The van der Waals surface area contributed by atoms with Crippen LogP contribution in [0.3, 0.4) is 0 Å². The Morgan fingerprint density at radius 2 is 1.55 bits per heavy atom. The molecule has 0 aliphatic rings. The van der Waals surface area contributed by atoms with Crippen molar-refractivity contribution >= 4 is 11.6 Å². The highest BCUT2D eigenvalue weighted by Gasteiger charge is 2.20. The fraction of sp³-hybridized carbons (Fsp3) is 0.200. The molecule has 1 amide bonds. The molecule has 6 nitrogen and oxygen atoms in total. The summed E-state index contributed by atoms with van der Waals surface area (Å²) in [4.78, 5) is 21.9. The molecule has 2 aromatic carbocycles. The zero-order valence-electron chi connectivity index (χ0n) is 17.9. The molecule has 0 saturated carbocycles. The first kappa shape index (κ1) is 20.5. The van der Waals surface area contributed by atoms with Gasteiger partial charge < -0.3 is 5.32 Å². The van der Waals surface area contributed by atoms with Gasteiger partial charge in [-0.05, 0) is 5.56 Å². The molecule has 0 spiro atoms. The van der Waals surface area contributed by atoms with Gasteiger partial charge in [-0.15, -0.1) is 0 Å². The van der Waals surface area contributed by atoms with E-state index in [0.717, 1.165) is 17.0 Å². The molecule has 4 rings (SSSR count). The zero-order chi connectivity index (χ0) is 21.8. The number of anilines is 1. The van der Waals surface area contributed by atoms with Crippen molar-refractivity contribution in [2.75, 3.05) is 5.32 Å². The lowest BCUT2D eigenvalue weighted by atomic mass is 9.96. The highest BCUT2D eigenvalue weighted by Crippen LogP contribution is 2.24. The lowest BCUT2D eigenvalue weighted by Crippen LogP contribution is -2.17. The second-order valence-electron chi connectivity index (χ2n) is 8.44. The molecule has 0 atom stereocenters. The Labute approximate surface area is 182 Å². The summed E-state index contributed by atoms with van der Waals surface area (Å²) in [5.74, 6) is 0.483. The molecule has 0 unspecified atom stereocenters. The van der Waals surface area contributed by atoms with Gasteiger partial charge >= 0.3 is 0 Å². The maximum atomic E-state index is 13.1. The standard InChI is InChI=1S/C25H25N5O/c1-25(2,3)24-26-14-20(15-27-24)28-23(31)21-17-30(16-18-10-6-4-7-11-18)29-22(21)19-12-8-5-9-13-19/h4-15,17H,16H2,1-3H3,(H,28,31). The Kier molecular flexibility index (Phi) is 5.62. The lowest BCUT2D eigenvalue weighted by molar-refractivity contribution is 0.102. The first-order chi connectivity index (χ1) is 14.9. The summed E-state index contributed by atoms with van der Waals surface area (Å²) >= 11 is 0. The van der Waals surface area contributed by atoms with Crippen molar-refractivity contribution in [2.45, 2.75) is 32.7 Å². The van der Waals surface area contributed by atoms with Crippen molar-refractivity contribution < 1.29 is 4.79 Å². The van der Waals surface area contributed by atoms with Gasteiger partial charge in [0, 0.05) is 17.2 Å². The monoisotopic (exact) mass is 411 g/mol. The molecule has 2 aromatic heterocycles. The van der Waals surface area contributed by atoms with E-state index in [9.17, 15) is 4.79 Å². The first-order valence-corrected chi connectivity index (χ1v) is 10.2. The van der Waals surface area contributed by atoms with Gasteiger partial charge in [0.15, 0.2) is 0 Å². The Bertz CT molecular complexity index is 1160. The van der Waals surface area contributed by atoms with Gasteiger partial charge in [0.1, 0.15) is 11.5 Å². The minimum Gasteiger partial charge on any atom is -0.319 e. The molecule has 4 aromatic rings. The normalized spacial score (nSPS) is 11.3. The van der Waals surface area contributed by atoms with Gasteiger partial charge in [-0.1, -0.05) is 81.4 Å². The summed E-state index contributed by atoms with van der Waals surface area (Å²) in [5, 5.41) is 7.62. The number of aromatic nitrogens is 4. The van der Waals surface area contributed by atoms with Crippen molar-refractivity contribution in [1.29, 1.82) is 0 Å². The maximum absolute atomic E-state index is 13.1. The summed E-state index contributed by atoms with van der Waals surface area (Å²) < 4.78 is 1.80. The maximum Gasteiger partial charge on any atom is 0.259 e. The van der Waals surface area contributed by atoms with E-state index >= 15 is 0 Å². The van der Waals surface area contributed by atoms with Crippen molar-refractivity contribution in [2.24, 2.45) is 0 Å². The van der Waals surface area contributed by atoms with Crippen molar-refractivity contribution in [1.82, 2.24) is 19.7 Å². The molecule has 1 N–H and O–H groups in total. The van der Waals surface area contributed by atoms with Crippen LogP contribution in [0, 0.1) is 0 Å². The predicted molar refractivity (Wildman–Crippen MR) is 122 cm³/mol. The fourth-order valence-corrected chi connectivity index (χ4v) is 3.23. The minimum absolute atomic E-state index is 0.151. The third-order valence-electron chi connectivity index (χ3n) is 4.82. The number of amides is 1. The van der Waals surface area contributed by atoms with Crippen LogP contribution in [0.15, 0.2) is 79.3 Å². The topological polar surface area (TPSA) is 72.7 Å². The van der Waals surface area contributed by atoms with Gasteiger partial charge in [0.2, 0.25) is 0 Å². The number of carbonyl (C=O) groups is 1. The largest absolute Gasteiger partial charge is 0.319 e. The molecule has 0 radical (unpaired) electrons. The number of hydrogen-bond acceptors (Lipinski definition) is 4. The second-order valence-corrected chi connectivity index (χ2v) is 8.44. The smallest absolute Gasteiger partial charge is 0.259 e. The fourth-order valence-electron chi connectivity index (χ4n) is 3.23. The van der Waals surface area contributed by atoms with E-state index in [4.69, 9.17) is 5.10 Å². The van der Waals surface area contributed by atoms with E-state index in [0.29, 0.717) is 23.5 Å². The van der Waals surface area contributed by atoms with E-state index < -0.39 is 0 Å². The molecular weight excluding hydrogens is 386 g/mol. The molecule has 31 heavy (non-hydrogen) atoms. The SMILES string of the molecule is CC(C)(C)c1ncc(NC(=O)c2cn(Cc3ccccc3)nc2-c2ccccc2)cn1. The summed E-state index contributed by atoms with van der Waals surface area (Å²) in [5.41, 5.74) is 3.54. The van der Waals surface area contributed by atoms with Crippen LogP contribution in [0.2, 0.25) is 0 Å². The van der Waals surface area contributed by atoms with Gasteiger partial charge in [-0.25, -0.2) is 9.97 Å². The molecule has 0 bridgehead atoms. The van der Waals surface area contributed by atoms with Crippen LogP contribution in [-0.2, 0) is 12.0 Å². The molecule has 0 aliphatic carbocycles. The average molecular weight is 412 g/mol. The van der Waals surface area contributed by atoms with E-state index in [1.165, 1.54) is 0 Å². The number of nitrogens with one attached hydrogen (secondary N) is 1. The third kappa shape index (κ3) is 4.86. The average Bonchev–Trinajstić information content (AvgIpc) is 3.19. The van der Waals surface area contributed by atoms with Crippen LogP contribution in [0.4, 0.5) is 5.69 Å². The predicted octanol–water partition coefficient (Wildman–Crippen LogP) is 4.94. The number of nitrogens with zero attached hydrogens (tertiary/aromatic N) is 4. The molecule has 0 fully saturated rings. The molecule has 6 heteroatoms. The zero-order valence-corrected chi connectivity index (χ0v) is 17.9. The Morgan fingerprint density at radius 3 is 2.16 bits per heavy atom. The molecule has 0 aliphatic heterocycles. The quantitative estimate of drug-likeness (QED) is 0.505. The third-order valence-corrected chi connectivity index (χ3v) is 4.82. The highest BCUT2D eigenvalue weighted by molar-refractivity contribution is 6.07. The summed E-state index contributed by atoms with van der Waals surface area (Å²) in [6.07, 6.45) is 5.07. The Hall–Kier alpha value is -3.80. The highest BCUT2D eigenvalue weighted by atomic mass is 16.1. The van der Waals surface area contributed by atoms with Gasteiger partial charge in [0.25, 0.3) is 5.91 Å². The Balaban J connectivity index is 1.63. The van der Waals surface area contributed by atoms with E-state index in [1.807, 2.05) is 81.4 Å². The molecule has 0 saturated heterocycles.